The third kappa shape index (κ3) is 2.84. The maximum absolute atomic E-state index is 11.1. The number of hydrogen-bond donors (Lipinski definition) is 1. The highest BCUT2D eigenvalue weighted by atomic mass is 16.5. The van der Waals surface area contributed by atoms with Crippen LogP contribution in [0.4, 0.5) is 5.82 Å². The zero-order valence-corrected chi connectivity index (χ0v) is 13.5. The Kier molecular flexibility index (Phi) is 3.90. The number of imidazole rings is 1. The molecule has 0 bridgehead atoms. The molecule has 2 N–H and O–H groups in total. The second kappa shape index (κ2) is 5.87. The Hall–Kier alpha value is -2.63. The Labute approximate surface area is 134 Å². The van der Waals surface area contributed by atoms with Crippen molar-refractivity contribution in [2.45, 2.75) is 33.9 Å². The molecule has 0 aliphatic heterocycles. The number of anilines is 1. The zero-order chi connectivity index (χ0) is 16.6. The Bertz CT molecular complexity index is 883. The fourth-order valence-corrected chi connectivity index (χ4v) is 2.74. The van der Waals surface area contributed by atoms with Gasteiger partial charge in [-0.15, -0.1) is 0 Å². The van der Waals surface area contributed by atoms with E-state index in [0.717, 1.165) is 23.0 Å². The van der Waals surface area contributed by atoms with Crippen molar-refractivity contribution in [1.82, 2.24) is 14.5 Å². The van der Waals surface area contributed by atoms with Crippen LogP contribution in [0.5, 0.6) is 0 Å². The lowest BCUT2D eigenvalue weighted by Gasteiger charge is -2.13. The van der Waals surface area contributed by atoms with E-state index in [1.165, 1.54) is 6.92 Å². The largest absolute Gasteiger partial charge is 0.458 e. The molecule has 0 radical (unpaired) electrons. The number of nitrogens with zero attached hydrogens (tertiary/aromatic N) is 3. The quantitative estimate of drug-likeness (QED) is 0.749. The lowest BCUT2D eigenvalue weighted by Crippen LogP contribution is -2.11. The number of pyridine rings is 1. The summed E-state index contributed by atoms with van der Waals surface area (Å²) in [7, 11) is 0. The molecule has 6 heteroatoms. The minimum Gasteiger partial charge on any atom is -0.458 e. The number of carbonyl (C=O) groups excluding carboxylic acids is 1. The van der Waals surface area contributed by atoms with E-state index in [9.17, 15) is 4.79 Å². The molecule has 0 unspecified atom stereocenters. The summed E-state index contributed by atoms with van der Waals surface area (Å²) in [5.41, 5.74) is 8.54. The number of benzene rings is 1. The fourth-order valence-electron chi connectivity index (χ4n) is 2.74. The molecule has 0 fully saturated rings. The smallest absolute Gasteiger partial charge is 0.303 e. The fraction of sp³-hybridized carbons (Fsp3) is 0.353. The van der Waals surface area contributed by atoms with E-state index in [-0.39, 0.29) is 12.6 Å². The predicted octanol–water partition coefficient (Wildman–Crippen LogP) is 2.89. The number of hydrogen-bond acceptors (Lipinski definition) is 5. The molecule has 6 nitrogen and oxygen atoms in total. The van der Waals surface area contributed by atoms with E-state index >= 15 is 0 Å². The van der Waals surface area contributed by atoms with Crippen molar-refractivity contribution in [3.8, 4) is 0 Å². The standard InChI is InChI=1S/C17H20N4O2/c1-10(2)8-21-14(9-23-11(3)22)20-15-16(21)12-6-4-5-7-13(12)19-17(15)18/h4-7,10H,8-9H2,1-3H3,(H2,18,19). The number of esters is 1. The number of fused-ring (bicyclic) bond motifs is 3. The second-order valence-corrected chi connectivity index (χ2v) is 6.02. The Morgan fingerprint density at radius 2 is 2.04 bits per heavy atom. The maximum atomic E-state index is 11.1. The van der Waals surface area contributed by atoms with Crippen LogP contribution < -0.4 is 5.73 Å². The summed E-state index contributed by atoms with van der Waals surface area (Å²) >= 11 is 0. The summed E-state index contributed by atoms with van der Waals surface area (Å²) in [6.45, 7) is 6.55. The van der Waals surface area contributed by atoms with Crippen LogP contribution in [0, 0.1) is 5.92 Å². The van der Waals surface area contributed by atoms with E-state index in [2.05, 4.69) is 28.4 Å². The van der Waals surface area contributed by atoms with Crippen molar-refractivity contribution in [2.24, 2.45) is 5.92 Å². The Balaban J connectivity index is 2.29. The number of nitrogens with two attached hydrogens (primary N) is 1. The summed E-state index contributed by atoms with van der Waals surface area (Å²) in [4.78, 5) is 20.2. The van der Waals surface area contributed by atoms with Gasteiger partial charge >= 0.3 is 5.97 Å². The van der Waals surface area contributed by atoms with Crippen molar-refractivity contribution in [1.29, 1.82) is 0 Å². The minimum absolute atomic E-state index is 0.129. The van der Waals surface area contributed by atoms with Gasteiger partial charge in [0.1, 0.15) is 17.9 Å². The van der Waals surface area contributed by atoms with Crippen molar-refractivity contribution < 1.29 is 9.53 Å². The van der Waals surface area contributed by atoms with Crippen LogP contribution in [0.2, 0.25) is 0 Å². The minimum atomic E-state index is -0.330. The molecule has 3 rings (SSSR count). The molecule has 0 aliphatic carbocycles. The van der Waals surface area contributed by atoms with Crippen LogP contribution in [0.15, 0.2) is 24.3 Å². The van der Waals surface area contributed by atoms with Gasteiger partial charge in [0.25, 0.3) is 0 Å². The van der Waals surface area contributed by atoms with Gasteiger partial charge in [-0.05, 0) is 12.0 Å². The Morgan fingerprint density at radius 3 is 2.74 bits per heavy atom. The summed E-state index contributed by atoms with van der Waals surface area (Å²) in [5.74, 6) is 1.17. The molecule has 0 amide bonds. The number of carbonyl (C=O) groups is 1. The van der Waals surface area contributed by atoms with Crippen LogP contribution in [0.3, 0.4) is 0 Å². The molecule has 0 aliphatic rings. The van der Waals surface area contributed by atoms with E-state index in [1.807, 2.05) is 24.3 Å². The topological polar surface area (TPSA) is 83.0 Å². The number of rotatable bonds is 4. The summed E-state index contributed by atoms with van der Waals surface area (Å²) in [6, 6.07) is 7.85. The highest BCUT2D eigenvalue weighted by molar-refractivity contribution is 6.06. The number of nitrogen functional groups attached to an aromatic ring is 1. The monoisotopic (exact) mass is 312 g/mol. The first-order valence-electron chi connectivity index (χ1n) is 7.64. The van der Waals surface area contributed by atoms with Crippen molar-refractivity contribution in [3.05, 3.63) is 30.1 Å². The van der Waals surface area contributed by atoms with Gasteiger partial charge in [-0.2, -0.15) is 0 Å². The average molecular weight is 312 g/mol. The normalized spacial score (nSPS) is 11.5. The van der Waals surface area contributed by atoms with Gasteiger partial charge in [-0.3, -0.25) is 4.79 Å². The van der Waals surface area contributed by atoms with Crippen LogP contribution in [-0.4, -0.2) is 20.5 Å². The summed E-state index contributed by atoms with van der Waals surface area (Å²) in [5, 5.41) is 0.999. The van der Waals surface area contributed by atoms with E-state index < -0.39 is 0 Å². The van der Waals surface area contributed by atoms with Crippen LogP contribution in [0.25, 0.3) is 21.9 Å². The third-order valence-corrected chi connectivity index (χ3v) is 3.64. The highest BCUT2D eigenvalue weighted by Gasteiger charge is 2.18. The average Bonchev–Trinajstić information content (AvgIpc) is 2.84. The molecular formula is C17H20N4O2. The lowest BCUT2D eigenvalue weighted by atomic mass is 10.1. The number of aromatic nitrogens is 3. The first-order valence-corrected chi connectivity index (χ1v) is 7.64. The summed E-state index contributed by atoms with van der Waals surface area (Å²) < 4.78 is 7.23. The number of para-hydroxylation sites is 1. The van der Waals surface area contributed by atoms with Gasteiger partial charge in [0.05, 0.1) is 11.0 Å². The van der Waals surface area contributed by atoms with E-state index in [4.69, 9.17) is 10.5 Å². The Morgan fingerprint density at radius 1 is 1.30 bits per heavy atom. The van der Waals surface area contributed by atoms with Crippen molar-refractivity contribution in [2.75, 3.05) is 5.73 Å². The molecule has 2 heterocycles. The van der Waals surface area contributed by atoms with Gasteiger partial charge in [-0.25, -0.2) is 9.97 Å². The maximum Gasteiger partial charge on any atom is 0.303 e. The zero-order valence-electron chi connectivity index (χ0n) is 13.5. The van der Waals surface area contributed by atoms with Gasteiger partial charge < -0.3 is 15.0 Å². The van der Waals surface area contributed by atoms with E-state index in [1.54, 1.807) is 0 Å². The van der Waals surface area contributed by atoms with Crippen LogP contribution in [-0.2, 0) is 22.7 Å². The molecule has 0 saturated carbocycles. The van der Waals surface area contributed by atoms with Gasteiger partial charge in [0.15, 0.2) is 5.82 Å². The second-order valence-electron chi connectivity index (χ2n) is 6.02. The molecule has 23 heavy (non-hydrogen) atoms. The third-order valence-electron chi connectivity index (χ3n) is 3.64. The predicted molar refractivity (Wildman–Crippen MR) is 89.8 cm³/mol. The first kappa shape index (κ1) is 15.3. The molecule has 1 aromatic carbocycles. The molecule has 2 aromatic heterocycles. The SMILES string of the molecule is CC(=O)OCc1nc2c(N)nc3ccccc3c2n1CC(C)C. The first-order chi connectivity index (χ1) is 11.0. The van der Waals surface area contributed by atoms with Crippen molar-refractivity contribution >= 4 is 33.7 Å². The van der Waals surface area contributed by atoms with Crippen LogP contribution >= 0.6 is 0 Å². The summed E-state index contributed by atoms with van der Waals surface area (Å²) in [6.07, 6.45) is 0. The molecule has 0 saturated heterocycles. The van der Waals surface area contributed by atoms with Crippen LogP contribution in [0.1, 0.15) is 26.6 Å². The molecule has 0 spiro atoms. The highest BCUT2D eigenvalue weighted by Crippen LogP contribution is 2.29. The number of ether oxygens (including phenoxy) is 1. The molecule has 120 valence electrons. The lowest BCUT2D eigenvalue weighted by molar-refractivity contribution is -0.142. The van der Waals surface area contributed by atoms with Crippen molar-refractivity contribution in [3.63, 3.8) is 0 Å². The molecule has 3 aromatic rings. The van der Waals surface area contributed by atoms with Gasteiger partial charge in [-0.1, -0.05) is 32.0 Å². The molecular weight excluding hydrogens is 292 g/mol. The van der Waals surface area contributed by atoms with Gasteiger partial charge in [0, 0.05) is 18.9 Å². The molecule has 0 atom stereocenters. The van der Waals surface area contributed by atoms with E-state index in [0.29, 0.717) is 23.1 Å². The van der Waals surface area contributed by atoms with Gasteiger partial charge in [0.2, 0.25) is 0 Å².